The van der Waals surface area contributed by atoms with E-state index in [9.17, 15) is 4.79 Å². The molecule has 2 aliphatic heterocycles. The Morgan fingerprint density at radius 1 is 1.33 bits per heavy atom. The predicted molar refractivity (Wildman–Crippen MR) is 83.3 cm³/mol. The fourth-order valence-electron chi connectivity index (χ4n) is 2.64. The molecule has 0 saturated carbocycles. The van der Waals surface area contributed by atoms with Crippen LogP contribution in [0.3, 0.4) is 0 Å². The molecule has 21 heavy (non-hydrogen) atoms. The lowest BCUT2D eigenvalue weighted by Crippen LogP contribution is -2.46. The Hall–Kier alpha value is -1.30. The van der Waals surface area contributed by atoms with Crippen LogP contribution in [0, 0.1) is 5.92 Å². The van der Waals surface area contributed by atoms with E-state index in [4.69, 9.17) is 4.74 Å². The highest BCUT2D eigenvalue weighted by Crippen LogP contribution is 2.12. The Morgan fingerprint density at radius 2 is 2.10 bits per heavy atom. The zero-order valence-electron chi connectivity index (χ0n) is 13.3. The largest absolute Gasteiger partial charge is 0.381 e. The maximum atomic E-state index is 11.7. The van der Waals surface area contributed by atoms with Gasteiger partial charge in [0, 0.05) is 46.3 Å². The van der Waals surface area contributed by atoms with Crippen LogP contribution in [-0.2, 0) is 9.53 Å². The third kappa shape index (κ3) is 5.19. The molecular weight excluding hydrogens is 268 g/mol. The molecule has 0 radical (unpaired) electrons. The Morgan fingerprint density at radius 3 is 2.71 bits per heavy atom. The SMILES string of the molecule is CN(C)C(=O)CN=C(NCC1CCOC1)N1CCCCC1. The van der Waals surface area contributed by atoms with Crippen molar-refractivity contribution in [3.8, 4) is 0 Å². The second-order valence-electron chi connectivity index (χ2n) is 6.09. The summed E-state index contributed by atoms with van der Waals surface area (Å²) in [6.07, 6.45) is 4.80. The van der Waals surface area contributed by atoms with E-state index in [1.54, 1.807) is 19.0 Å². The zero-order valence-corrected chi connectivity index (χ0v) is 13.3. The number of piperidine rings is 1. The molecule has 2 aliphatic rings. The zero-order chi connectivity index (χ0) is 15.1. The molecule has 1 atom stereocenters. The van der Waals surface area contributed by atoms with Crippen LogP contribution in [0.4, 0.5) is 0 Å². The molecule has 2 heterocycles. The minimum Gasteiger partial charge on any atom is -0.381 e. The highest BCUT2D eigenvalue weighted by Gasteiger charge is 2.19. The lowest BCUT2D eigenvalue weighted by Gasteiger charge is -2.30. The summed E-state index contributed by atoms with van der Waals surface area (Å²) in [6, 6.07) is 0. The quantitative estimate of drug-likeness (QED) is 0.608. The van der Waals surface area contributed by atoms with Crippen LogP contribution in [-0.4, -0.2) is 75.2 Å². The fraction of sp³-hybridized carbons (Fsp3) is 0.867. The van der Waals surface area contributed by atoms with E-state index in [1.807, 2.05) is 0 Å². The lowest BCUT2D eigenvalue weighted by molar-refractivity contribution is -0.127. The molecule has 2 saturated heterocycles. The average molecular weight is 296 g/mol. The van der Waals surface area contributed by atoms with Crippen LogP contribution < -0.4 is 5.32 Å². The van der Waals surface area contributed by atoms with Crippen LogP contribution in [0.2, 0.25) is 0 Å². The highest BCUT2D eigenvalue weighted by molar-refractivity contribution is 5.84. The number of nitrogens with zero attached hydrogens (tertiary/aromatic N) is 3. The van der Waals surface area contributed by atoms with Gasteiger partial charge in [-0.15, -0.1) is 0 Å². The van der Waals surface area contributed by atoms with E-state index >= 15 is 0 Å². The molecular formula is C15H28N4O2. The minimum atomic E-state index is 0.0375. The number of aliphatic imine (C=N–C) groups is 1. The van der Waals surface area contributed by atoms with Gasteiger partial charge in [-0.25, -0.2) is 4.99 Å². The Kier molecular flexibility index (Phi) is 6.29. The van der Waals surface area contributed by atoms with Crippen molar-refractivity contribution < 1.29 is 9.53 Å². The van der Waals surface area contributed by atoms with Crippen molar-refractivity contribution in [3.05, 3.63) is 0 Å². The van der Waals surface area contributed by atoms with Crippen molar-refractivity contribution in [1.82, 2.24) is 15.1 Å². The molecule has 2 rings (SSSR count). The van der Waals surface area contributed by atoms with E-state index in [0.717, 1.165) is 45.2 Å². The van der Waals surface area contributed by atoms with Gasteiger partial charge >= 0.3 is 0 Å². The van der Waals surface area contributed by atoms with Crippen LogP contribution >= 0.6 is 0 Å². The number of rotatable bonds is 4. The number of likely N-dealkylation sites (tertiary alicyclic amines) is 1. The maximum Gasteiger partial charge on any atom is 0.243 e. The number of likely N-dealkylation sites (N-methyl/N-ethyl adjacent to an activating group) is 1. The van der Waals surface area contributed by atoms with Crippen molar-refractivity contribution in [2.45, 2.75) is 25.7 Å². The van der Waals surface area contributed by atoms with Gasteiger partial charge in [0.2, 0.25) is 5.91 Å². The number of nitrogens with one attached hydrogen (secondary N) is 1. The van der Waals surface area contributed by atoms with E-state index in [2.05, 4.69) is 15.2 Å². The van der Waals surface area contributed by atoms with Crippen molar-refractivity contribution in [2.75, 3.05) is 53.5 Å². The van der Waals surface area contributed by atoms with Gasteiger partial charge in [0.05, 0.1) is 6.61 Å². The average Bonchev–Trinajstić information content (AvgIpc) is 3.01. The summed E-state index contributed by atoms with van der Waals surface area (Å²) in [6.45, 7) is 4.85. The number of ether oxygens (including phenoxy) is 1. The summed E-state index contributed by atoms with van der Waals surface area (Å²) in [5.74, 6) is 1.48. The summed E-state index contributed by atoms with van der Waals surface area (Å²) in [4.78, 5) is 20.1. The number of carbonyl (C=O) groups excluding carboxylic acids is 1. The predicted octanol–water partition coefficient (Wildman–Crippen LogP) is 0.543. The monoisotopic (exact) mass is 296 g/mol. The van der Waals surface area contributed by atoms with E-state index in [1.165, 1.54) is 19.3 Å². The number of carbonyl (C=O) groups is 1. The van der Waals surface area contributed by atoms with Crippen LogP contribution in [0.25, 0.3) is 0 Å². The second-order valence-corrected chi connectivity index (χ2v) is 6.09. The van der Waals surface area contributed by atoms with Gasteiger partial charge in [-0.1, -0.05) is 0 Å². The van der Waals surface area contributed by atoms with Crippen molar-refractivity contribution >= 4 is 11.9 Å². The van der Waals surface area contributed by atoms with Gasteiger partial charge in [0.15, 0.2) is 5.96 Å². The Bertz CT molecular complexity index is 359. The van der Waals surface area contributed by atoms with E-state index in [-0.39, 0.29) is 12.5 Å². The summed E-state index contributed by atoms with van der Waals surface area (Å²) < 4.78 is 5.41. The first-order valence-corrected chi connectivity index (χ1v) is 7.98. The molecule has 1 unspecified atom stereocenters. The molecule has 0 aromatic rings. The topological polar surface area (TPSA) is 57.2 Å². The summed E-state index contributed by atoms with van der Waals surface area (Å²) in [7, 11) is 3.53. The smallest absolute Gasteiger partial charge is 0.243 e. The van der Waals surface area contributed by atoms with Gasteiger partial charge < -0.3 is 19.9 Å². The lowest BCUT2D eigenvalue weighted by atomic mass is 10.1. The highest BCUT2D eigenvalue weighted by atomic mass is 16.5. The van der Waals surface area contributed by atoms with Crippen LogP contribution in [0.1, 0.15) is 25.7 Å². The molecule has 0 bridgehead atoms. The number of amides is 1. The van der Waals surface area contributed by atoms with E-state index < -0.39 is 0 Å². The molecule has 0 spiro atoms. The third-order valence-electron chi connectivity index (χ3n) is 4.09. The van der Waals surface area contributed by atoms with Gasteiger partial charge in [-0.2, -0.15) is 0 Å². The fourth-order valence-corrected chi connectivity index (χ4v) is 2.64. The first-order chi connectivity index (χ1) is 10.2. The molecule has 6 heteroatoms. The number of hydrogen-bond donors (Lipinski definition) is 1. The van der Waals surface area contributed by atoms with Crippen molar-refractivity contribution in [2.24, 2.45) is 10.9 Å². The molecule has 0 aromatic carbocycles. The van der Waals surface area contributed by atoms with Crippen molar-refractivity contribution in [3.63, 3.8) is 0 Å². The first-order valence-electron chi connectivity index (χ1n) is 7.98. The minimum absolute atomic E-state index is 0.0375. The normalized spacial score (nSPS) is 23.2. The van der Waals surface area contributed by atoms with Gasteiger partial charge in [0.25, 0.3) is 0 Å². The Balaban J connectivity index is 1.91. The molecule has 120 valence electrons. The van der Waals surface area contributed by atoms with Crippen molar-refractivity contribution in [1.29, 1.82) is 0 Å². The van der Waals surface area contributed by atoms with Gasteiger partial charge in [-0.05, 0) is 25.7 Å². The Labute approximate surface area is 127 Å². The molecule has 1 N–H and O–H groups in total. The number of hydrogen-bond acceptors (Lipinski definition) is 3. The maximum absolute atomic E-state index is 11.7. The molecule has 6 nitrogen and oxygen atoms in total. The van der Waals surface area contributed by atoms with Gasteiger partial charge in [-0.3, -0.25) is 4.79 Å². The molecule has 0 aromatic heterocycles. The molecule has 0 aliphatic carbocycles. The third-order valence-corrected chi connectivity index (χ3v) is 4.09. The summed E-state index contributed by atoms with van der Waals surface area (Å²) >= 11 is 0. The van der Waals surface area contributed by atoms with E-state index in [0.29, 0.717) is 5.92 Å². The first kappa shape index (κ1) is 16.1. The number of guanidine groups is 1. The summed E-state index contributed by atoms with van der Waals surface area (Å²) in [5, 5.41) is 3.45. The van der Waals surface area contributed by atoms with Gasteiger partial charge in [0.1, 0.15) is 6.54 Å². The second kappa shape index (κ2) is 8.22. The summed E-state index contributed by atoms with van der Waals surface area (Å²) in [5.41, 5.74) is 0. The standard InChI is InChI=1S/C15H28N4O2/c1-18(2)14(20)11-17-15(19-7-4-3-5-8-19)16-10-13-6-9-21-12-13/h13H,3-12H2,1-2H3,(H,16,17). The molecule has 2 fully saturated rings. The molecule has 1 amide bonds. The van der Waals surface area contributed by atoms with Crippen LogP contribution in [0.5, 0.6) is 0 Å². The van der Waals surface area contributed by atoms with Crippen LogP contribution in [0.15, 0.2) is 4.99 Å².